The lowest BCUT2D eigenvalue weighted by molar-refractivity contribution is -0.137. The molecule has 1 saturated heterocycles. The monoisotopic (exact) mass is 415 g/mol. The number of hydrogen-bond acceptors (Lipinski definition) is 6. The number of hydrazine groups is 2. The van der Waals surface area contributed by atoms with Crippen molar-refractivity contribution >= 4 is 28.9 Å². The Morgan fingerprint density at radius 3 is 2.50 bits per heavy atom. The minimum atomic E-state index is -4.54. The van der Waals surface area contributed by atoms with Crippen molar-refractivity contribution < 1.29 is 22.7 Å². The second kappa shape index (κ2) is 8.23. The zero-order valence-electron chi connectivity index (χ0n) is 14.5. The van der Waals surface area contributed by atoms with E-state index in [-0.39, 0.29) is 10.7 Å². The molecular weight excluding hydrogens is 399 g/mol. The van der Waals surface area contributed by atoms with Gasteiger partial charge in [0.15, 0.2) is 0 Å². The summed E-state index contributed by atoms with van der Waals surface area (Å²) in [6, 6.07) is 8.91. The van der Waals surface area contributed by atoms with Crippen LogP contribution in [-0.2, 0) is 11.0 Å². The number of amides is 1. The minimum absolute atomic E-state index is 0.0000658. The van der Waals surface area contributed by atoms with Crippen molar-refractivity contribution in [3.05, 3.63) is 53.1 Å². The maximum atomic E-state index is 12.9. The van der Waals surface area contributed by atoms with Gasteiger partial charge in [-0.3, -0.25) is 4.79 Å². The molecule has 2 aromatic carbocycles. The third-order valence-electron chi connectivity index (χ3n) is 4.03. The van der Waals surface area contributed by atoms with Crippen LogP contribution in [0.25, 0.3) is 0 Å². The van der Waals surface area contributed by atoms with Gasteiger partial charge in [-0.2, -0.15) is 18.7 Å². The van der Waals surface area contributed by atoms with Crippen LogP contribution in [0.5, 0.6) is 5.75 Å². The number of carbonyl (C=O) groups is 1. The summed E-state index contributed by atoms with van der Waals surface area (Å²) < 4.78 is 43.8. The quantitative estimate of drug-likeness (QED) is 0.516. The third kappa shape index (κ3) is 4.65. The molecule has 3 rings (SSSR count). The zero-order valence-corrected chi connectivity index (χ0v) is 15.3. The molecule has 0 aliphatic carbocycles. The van der Waals surface area contributed by atoms with Gasteiger partial charge in [0.1, 0.15) is 18.0 Å². The molecule has 0 bridgehead atoms. The van der Waals surface area contributed by atoms with Gasteiger partial charge in [-0.05, 0) is 42.5 Å². The summed E-state index contributed by atoms with van der Waals surface area (Å²) in [7, 11) is 1.55. The van der Waals surface area contributed by atoms with Crippen LogP contribution in [-0.4, -0.2) is 25.2 Å². The zero-order chi connectivity index (χ0) is 20.3. The number of nitrogens with one attached hydrogen (secondary N) is 5. The van der Waals surface area contributed by atoms with E-state index in [0.29, 0.717) is 11.4 Å². The molecule has 5 N–H and O–H groups in total. The Kier molecular flexibility index (Phi) is 5.94. The van der Waals surface area contributed by atoms with E-state index in [1.165, 1.54) is 0 Å². The van der Waals surface area contributed by atoms with E-state index >= 15 is 0 Å². The van der Waals surface area contributed by atoms with E-state index in [4.69, 9.17) is 16.3 Å². The van der Waals surface area contributed by atoms with Crippen LogP contribution in [0.1, 0.15) is 5.56 Å². The molecule has 2 atom stereocenters. The molecule has 150 valence electrons. The third-order valence-corrected chi connectivity index (χ3v) is 4.36. The minimum Gasteiger partial charge on any atom is -0.497 e. The highest BCUT2D eigenvalue weighted by Gasteiger charge is 2.34. The first-order valence-corrected chi connectivity index (χ1v) is 8.50. The fourth-order valence-corrected chi connectivity index (χ4v) is 2.74. The lowest BCUT2D eigenvalue weighted by Gasteiger charge is -2.20. The Morgan fingerprint density at radius 1 is 1.14 bits per heavy atom. The van der Waals surface area contributed by atoms with Gasteiger partial charge in [0.25, 0.3) is 0 Å². The number of methoxy groups -OCH3 is 1. The first-order valence-electron chi connectivity index (χ1n) is 8.12. The maximum absolute atomic E-state index is 12.9. The van der Waals surface area contributed by atoms with Gasteiger partial charge in [-0.15, -0.1) is 0 Å². The van der Waals surface area contributed by atoms with E-state index in [1.54, 1.807) is 31.4 Å². The summed E-state index contributed by atoms with van der Waals surface area (Å²) in [6.07, 6.45) is -5.13. The van der Waals surface area contributed by atoms with Crippen molar-refractivity contribution in [3.8, 4) is 5.75 Å². The van der Waals surface area contributed by atoms with Gasteiger partial charge < -0.3 is 15.4 Å². The molecule has 7 nitrogen and oxygen atoms in total. The van der Waals surface area contributed by atoms with Crippen LogP contribution >= 0.6 is 11.6 Å². The van der Waals surface area contributed by atoms with Crippen LogP contribution in [0.4, 0.5) is 24.5 Å². The summed E-state index contributed by atoms with van der Waals surface area (Å²) >= 11 is 5.93. The Hall–Kier alpha value is -2.53. The number of halogens is 4. The summed E-state index contributed by atoms with van der Waals surface area (Å²) in [6.45, 7) is 0. The van der Waals surface area contributed by atoms with Gasteiger partial charge in [0.2, 0.25) is 5.91 Å². The fourth-order valence-electron chi connectivity index (χ4n) is 2.57. The van der Waals surface area contributed by atoms with E-state index in [9.17, 15) is 18.0 Å². The Morgan fingerprint density at radius 2 is 1.86 bits per heavy atom. The van der Waals surface area contributed by atoms with Crippen molar-refractivity contribution in [2.45, 2.75) is 18.4 Å². The van der Waals surface area contributed by atoms with Gasteiger partial charge in [-0.25, -0.2) is 10.9 Å². The molecule has 0 radical (unpaired) electrons. The number of anilines is 2. The highest BCUT2D eigenvalue weighted by molar-refractivity contribution is 6.33. The van der Waals surface area contributed by atoms with E-state index < -0.39 is 29.9 Å². The smallest absolute Gasteiger partial charge is 0.416 e. The average molecular weight is 416 g/mol. The molecule has 2 aromatic rings. The molecule has 1 aliphatic rings. The molecule has 11 heteroatoms. The van der Waals surface area contributed by atoms with E-state index in [0.717, 1.165) is 18.2 Å². The highest BCUT2D eigenvalue weighted by atomic mass is 35.5. The van der Waals surface area contributed by atoms with Crippen LogP contribution in [0.2, 0.25) is 5.02 Å². The first-order chi connectivity index (χ1) is 13.3. The molecule has 0 aromatic heterocycles. The standard InChI is InChI=1S/C17H17ClF3N5O2/c1-28-11-5-3-10(4-6-11)22-15-14(24-26-25-15)16(27)23-13-8-9(17(19,20)21)2-7-12(13)18/h2-8,14-15,22,24-26H,1H3,(H,23,27). The Bertz CT molecular complexity index is 848. The van der Waals surface area contributed by atoms with E-state index in [1.807, 2.05) is 0 Å². The van der Waals surface area contributed by atoms with Crippen LogP contribution in [0, 0.1) is 0 Å². The molecule has 1 heterocycles. The van der Waals surface area contributed by atoms with Crippen molar-refractivity contribution in [2.24, 2.45) is 0 Å². The lowest BCUT2D eigenvalue weighted by Crippen LogP contribution is -2.48. The second-order valence-electron chi connectivity index (χ2n) is 5.92. The topological polar surface area (TPSA) is 86.5 Å². The van der Waals surface area contributed by atoms with Gasteiger partial charge in [0, 0.05) is 5.69 Å². The average Bonchev–Trinajstić information content (AvgIpc) is 3.11. The molecular formula is C17H17ClF3N5O2. The predicted octanol–water partition coefficient (Wildman–Crippen LogP) is 2.73. The Labute approximate surface area is 163 Å². The summed E-state index contributed by atoms with van der Waals surface area (Å²) in [5.74, 6) is 0.0967. The van der Waals surface area contributed by atoms with Crippen molar-refractivity contribution in [2.75, 3.05) is 17.7 Å². The molecule has 0 saturated carbocycles. The number of alkyl halides is 3. The van der Waals surface area contributed by atoms with E-state index in [2.05, 4.69) is 27.0 Å². The molecule has 1 amide bonds. The lowest BCUT2D eigenvalue weighted by atomic mass is 10.1. The molecule has 28 heavy (non-hydrogen) atoms. The SMILES string of the molecule is COc1ccc(NC2NNNC2C(=O)Nc2cc(C(F)(F)F)ccc2Cl)cc1. The summed E-state index contributed by atoms with van der Waals surface area (Å²) in [5, 5.41) is 5.52. The van der Waals surface area contributed by atoms with Crippen molar-refractivity contribution in [3.63, 3.8) is 0 Å². The predicted molar refractivity (Wildman–Crippen MR) is 98.7 cm³/mol. The van der Waals surface area contributed by atoms with Crippen molar-refractivity contribution in [1.29, 1.82) is 0 Å². The molecule has 1 aliphatic heterocycles. The van der Waals surface area contributed by atoms with Crippen molar-refractivity contribution in [1.82, 2.24) is 16.4 Å². The van der Waals surface area contributed by atoms with Gasteiger partial charge in [-0.1, -0.05) is 11.6 Å². The Balaban J connectivity index is 1.71. The van der Waals surface area contributed by atoms with Crippen LogP contribution in [0.15, 0.2) is 42.5 Å². The first kappa shape index (κ1) is 20.2. The van der Waals surface area contributed by atoms with Crippen LogP contribution < -0.4 is 31.8 Å². The van der Waals surface area contributed by atoms with Gasteiger partial charge >= 0.3 is 6.18 Å². The number of benzene rings is 2. The van der Waals surface area contributed by atoms with Crippen LogP contribution in [0.3, 0.4) is 0 Å². The number of carbonyl (C=O) groups excluding carboxylic acids is 1. The largest absolute Gasteiger partial charge is 0.497 e. The normalized spacial score (nSPS) is 19.3. The molecule has 0 spiro atoms. The molecule has 1 fully saturated rings. The maximum Gasteiger partial charge on any atom is 0.416 e. The summed E-state index contributed by atoms with van der Waals surface area (Å²) in [5.41, 5.74) is 7.83. The number of ether oxygens (including phenoxy) is 1. The van der Waals surface area contributed by atoms with Gasteiger partial charge in [0.05, 0.1) is 23.4 Å². The fraction of sp³-hybridized carbons (Fsp3) is 0.235. The molecule has 2 unspecified atom stereocenters. The number of rotatable bonds is 5. The summed E-state index contributed by atoms with van der Waals surface area (Å²) in [4.78, 5) is 12.6. The number of hydrogen-bond donors (Lipinski definition) is 5. The highest BCUT2D eigenvalue weighted by Crippen LogP contribution is 2.34. The second-order valence-corrected chi connectivity index (χ2v) is 6.33.